The number of piperazine rings is 1. The van der Waals surface area contributed by atoms with Crippen molar-refractivity contribution in [3.8, 4) is 0 Å². The van der Waals surface area contributed by atoms with Gasteiger partial charge in [-0.05, 0) is 18.6 Å². The maximum atomic E-state index is 14.1. The van der Waals surface area contributed by atoms with Crippen molar-refractivity contribution >= 4 is 5.82 Å². The number of aliphatic hydroxyl groups is 2. The molecular weight excluding hydrogens is 249 g/mol. The van der Waals surface area contributed by atoms with Crippen LogP contribution in [0.3, 0.4) is 0 Å². The number of anilines is 1. The van der Waals surface area contributed by atoms with Crippen molar-refractivity contribution in [2.24, 2.45) is 0 Å². The normalized spacial score (nSPS) is 21.5. The van der Waals surface area contributed by atoms with Crippen molar-refractivity contribution in [3.05, 3.63) is 23.6 Å². The van der Waals surface area contributed by atoms with Gasteiger partial charge in [-0.15, -0.1) is 0 Å². The molecule has 0 radical (unpaired) electrons. The van der Waals surface area contributed by atoms with E-state index in [0.29, 0.717) is 11.4 Å². The highest BCUT2D eigenvalue weighted by atomic mass is 19.1. The van der Waals surface area contributed by atoms with E-state index in [1.165, 1.54) is 6.07 Å². The van der Waals surface area contributed by atoms with E-state index in [9.17, 15) is 9.50 Å². The second-order valence-electron chi connectivity index (χ2n) is 4.94. The molecule has 19 heavy (non-hydrogen) atoms. The molecule has 1 saturated heterocycles. The second-order valence-corrected chi connectivity index (χ2v) is 4.94. The quantitative estimate of drug-likeness (QED) is 0.713. The number of aliphatic hydroxyl groups excluding tert-OH is 2. The molecule has 0 spiro atoms. The maximum absolute atomic E-state index is 14.1. The molecule has 0 aromatic carbocycles. The van der Waals surface area contributed by atoms with Crippen molar-refractivity contribution in [1.29, 1.82) is 0 Å². The third-order valence-electron chi connectivity index (χ3n) is 3.33. The van der Waals surface area contributed by atoms with E-state index in [1.807, 2.05) is 11.8 Å². The zero-order valence-electron chi connectivity index (χ0n) is 11.0. The predicted octanol–water partition coefficient (Wildman–Crippen LogP) is -0.0855. The third kappa shape index (κ3) is 3.40. The predicted molar refractivity (Wildman–Crippen MR) is 70.7 cm³/mol. The van der Waals surface area contributed by atoms with Crippen LogP contribution in [0.1, 0.15) is 12.5 Å². The Labute approximate surface area is 112 Å². The van der Waals surface area contributed by atoms with Crippen LogP contribution in [0.15, 0.2) is 12.3 Å². The molecule has 0 amide bonds. The molecule has 6 heteroatoms. The molecular formula is C13H20FN3O2. The highest BCUT2D eigenvalue weighted by Gasteiger charge is 2.22. The first-order valence-corrected chi connectivity index (χ1v) is 6.52. The summed E-state index contributed by atoms with van der Waals surface area (Å²) in [7, 11) is 0. The number of nitrogens with one attached hydrogen (secondary N) is 1. The third-order valence-corrected chi connectivity index (χ3v) is 3.33. The van der Waals surface area contributed by atoms with Crippen molar-refractivity contribution in [2.75, 3.05) is 31.1 Å². The number of nitrogens with zero attached hydrogens (tertiary/aromatic N) is 2. The van der Waals surface area contributed by atoms with Gasteiger partial charge < -0.3 is 20.4 Å². The number of aromatic nitrogens is 1. The van der Waals surface area contributed by atoms with Crippen LogP contribution in [0.25, 0.3) is 0 Å². The average Bonchev–Trinajstić information content (AvgIpc) is 2.40. The Balaban J connectivity index is 2.14. The van der Waals surface area contributed by atoms with Gasteiger partial charge in [0.15, 0.2) is 11.6 Å². The van der Waals surface area contributed by atoms with Gasteiger partial charge in [0.2, 0.25) is 0 Å². The number of hydrogen-bond donors (Lipinski definition) is 3. The van der Waals surface area contributed by atoms with Crippen LogP contribution in [0, 0.1) is 5.82 Å². The van der Waals surface area contributed by atoms with Crippen LogP contribution in [0.2, 0.25) is 0 Å². The zero-order chi connectivity index (χ0) is 13.8. The molecule has 0 bridgehead atoms. The van der Waals surface area contributed by atoms with E-state index in [-0.39, 0.29) is 24.9 Å². The molecule has 3 N–H and O–H groups in total. The van der Waals surface area contributed by atoms with E-state index in [0.717, 1.165) is 19.6 Å². The highest BCUT2D eigenvalue weighted by molar-refractivity contribution is 5.43. The Morgan fingerprint density at radius 3 is 3.05 bits per heavy atom. The number of rotatable bonds is 4. The Kier molecular flexibility index (Phi) is 4.68. The molecule has 5 nitrogen and oxygen atoms in total. The van der Waals surface area contributed by atoms with E-state index < -0.39 is 6.10 Å². The summed E-state index contributed by atoms with van der Waals surface area (Å²) in [5.74, 6) is -0.0207. The molecule has 0 saturated carbocycles. The van der Waals surface area contributed by atoms with Gasteiger partial charge in [0, 0.05) is 38.3 Å². The van der Waals surface area contributed by atoms with Gasteiger partial charge in [0.05, 0.1) is 12.7 Å². The van der Waals surface area contributed by atoms with E-state index >= 15 is 0 Å². The van der Waals surface area contributed by atoms with Crippen LogP contribution >= 0.6 is 0 Å². The fourth-order valence-corrected chi connectivity index (χ4v) is 2.29. The standard InChI is InChI=1S/C13H20FN3O2/c1-9-6-15-2-3-17(9)13-12(14)5-10(7-16-13)4-11(19)8-18/h5,7,9,11,15,18-19H,2-4,6,8H2,1H3/t9-,11+/m0/s1. The lowest BCUT2D eigenvalue weighted by molar-refractivity contribution is 0.0954. The SMILES string of the molecule is C[C@H]1CNCCN1c1ncc(C[C@@H](O)CO)cc1F. The molecule has 0 aliphatic carbocycles. The first kappa shape index (κ1) is 14.2. The summed E-state index contributed by atoms with van der Waals surface area (Å²) in [5.41, 5.74) is 0.589. The molecule has 2 rings (SSSR count). The van der Waals surface area contributed by atoms with Crippen LogP contribution in [-0.4, -0.2) is 53.6 Å². The Morgan fingerprint density at radius 1 is 1.63 bits per heavy atom. The smallest absolute Gasteiger partial charge is 0.165 e. The Hall–Kier alpha value is -1.24. The first-order chi connectivity index (χ1) is 9.11. The van der Waals surface area contributed by atoms with Crippen LogP contribution in [0.4, 0.5) is 10.2 Å². The summed E-state index contributed by atoms with van der Waals surface area (Å²) in [4.78, 5) is 6.11. The van der Waals surface area contributed by atoms with Crippen LogP contribution in [-0.2, 0) is 6.42 Å². The lowest BCUT2D eigenvalue weighted by Gasteiger charge is -2.35. The first-order valence-electron chi connectivity index (χ1n) is 6.52. The molecule has 1 aromatic heterocycles. The van der Waals surface area contributed by atoms with Crippen LogP contribution < -0.4 is 10.2 Å². The summed E-state index contributed by atoms with van der Waals surface area (Å²) in [5, 5.41) is 21.4. The van der Waals surface area contributed by atoms with Gasteiger partial charge >= 0.3 is 0 Å². The van der Waals surface area contributed by atoms with Gasteiger partial charge in [0.25, 0.3) is 0 Å². The molecule has 1 fully saturated rings. The van der Waals surface area contributed by atoms with Crippen molar-refractivity contribution in [3.63, 3.8) is 0 Å². The lowest BCUT2D eigenvalue weighted by atomic mass is 10.1. The molecule has 1 aliphatic rings. The molecule has 2 atom stereocenters. The van der Waals surface area contributed by atoms with Gasteiger partial charge in [-0.1, -0.05) is 0 Å². The number of hydrogen-bond acceptors (Lipinski definition) is 5. The number of pyridine rings is 1. The largest absolute Gasteiger partial charge is 0.394 e. The Bertz CT molecular complexity index is 430. The zero-order valence-corrected chi connectivity index (χ0v) is 11.0. The number of halogens is 1. The average molecular weight is 269 g/mol. The fraction of sp³-hybridized carbons (Fsp3) is 0.615. The fourth-order valence-electron chi connectivity index (χ4n) is 2.29. The van der Waals surface area contributed by atoms with E-state index in [1.54, 1.807) is 6.20 Å². The second kappa shape index (κ2) is 6.27. The monoisotopic (exact) mass is 269 g/mol. The van der Waals surface area contributed by atoms with Crippen LogP contribution in [0.5, 0.6) is 0 Å². The summed E-state index contributed by atoms with van der Waals surface area (Å²) >= 11 is 0. The minimum absolute atomic E-state index is 0.199. The minimum Gasteiger partial charge on any atom is -0.394 e. The van der Waals surface area contributed by atoms with Crippen molar-refractivity contribution < 1.29 is 14.6 Å². The molecule has 2 heterocycles. The van der Waals surface area contributed by atoms with E-state index in [4.69, 9.17) is 5.11 Å². The topological polar surface area (TPSA) is 68.6 Å². The summed E-state index contributed by atoms with van der Waals surface area (Å²) in [6.45, 7) is 4.04. The van der Waals surface area contributed by atoms with Gasteiger partial charge in [0.1, 0.15) is 0 Å². The van der Waals surface area contributed by atoms with Crippen molar-refractivity contribution in [2.45, 2.75) is 25.5 Å². The minimum atomic E-state index is -0.870. The maximum Gasteiger partial charge on any atom is 0.165 e. The molecule has 1 aliphatic heterocycles. The molecule has 106 valence electrons. The van der Waals surface area contributed by atoms with Gasteiger partial charge in [-0.3, -0.25) is 0 Å². The summed E-state index contributed by atoms with van der Waals surface area (Å²) < 4.78 is 14.1. The van der Waals surface area contributed by atoms with Crippen molar-refractivity contribution in [1.82, 2.24) is 10.3 Å². The summed E-state index contributed by atoms with van der Waals surface area (Å²) in [6, 6.07) is 1.58. The Morgan fingerprint density at radius 2 is 2.42 bits per heavy atom. The lowest BCUT2D eigenvalue weighted by Crippen LogP contribution is -2.50. The van der Waals surface area contributed by atoms with Gasteiger partial charge in [-0.25, -0.2) is 9.37 Å². The van der Waals surface area contributed by atoms with Gasteiger partial charge in [-0.2, -0.15) is 0 Å². The molecule has 0 unspecified atom stereocenters. The molecule has 1 aromatic rings. The van der Waals surface area contributed by atoms with E-state index in [2.05, 4.69) is 10.3 Å². The summed E-state index contributed by atoms with van der Waals surface area (Å²) in [6.07, 6.45) is 0.897. The highest BCUT2D eigenvalue weighted by Crippen LogP contribution is 2.20.